The first kappa shape index (κ1) is 13.9. The van der Waals surface area contributed by atoms with Crippen LogP contribution in [0.2, 0.25) is 5.02 Å². The molecule has 0 fully saturated rings. The summed E-state index contributed by atoms with van der Waals surface area (Å²) in [5, 5.41) is 27.7. The Balaban J connectivity index is 2.63. The first-order chi connectivity index (χ1) is 9.38. The van der Waals surface area contributed by atoms with Gasteiger partial charge in [0.2, 0.25) is 0 Å². The second-order valence-corrected chi connectivity index (χ2v) is 4.48. The zero-order chi connectivity index (χ0) is 14.9. The Morgan fingerprint density at radius 2 is 1.40 bits per heavy atom. The molecule has 6 heteroatoms. The van der Waals surface area contributed by atoms with Crippen LogP contribution in [-0.2, 0) is 0 Å². The van der Waals surface area contributed by atoms with Crippen LogP contribution in [0, 0.1) is 0 Å². The van der Waals surface area contributed by atoms with E-state index >= 15 is 0 Å². The Morgan fingerprint density at radius 3 is 1.85 bits per heavy atom. The van der Waals surface area contributed by atoms with E-state index in [1.165, 1.54) is 24.3 Å². The highest BCUT2D eigenvalue weighted by atomic mass is 35.5. The van der Waals surface area contributed by atoms with E-state index in [1.54, 1.807) is 6.07 Å². The summed E-state index contributed by atoms with van der Waals surface area (Å²) in [5.74, 6) is -2.62. The van der Waals surface area contributed by atoms with Gasteiger partial charge in [0, 0.05) is 0 Å². The van der Waals surface area contributed by atoms with Crippen LogP contribution in [0.5, 0.6) is 5.75 Å². The number of carboxylic acid groups (broad SMARTS) is 2. The minimum Gasteiger partial charge on any atom is -0.506 e. The molecule has 5 nitrogen and oxygen atoms in total. The van der Waals surface area contributed by atoms with Crippen molar-refractivity contribution in [3.05, 3.63) is 52.5 Å². The number of aromatic hydroxyl groups is 1. The van der Waals surface area contributed by atoms with Gasteiger partial charge in [-0.2, -0.15) is 0 Å². The van der Waals surface area contributed by atoms with Crippen LogP contribution in [0.15, 0.2) is 36.4 Å². The normalized spacial score (nSPS) is 10.2. The number of halogens is 1. The summed E-state index contributed by atoms with van der Waals surface area (Å²) in [5.41, 5.74) is 0.551. The fourth-order valence-electron chi connectivity index (χ4n) is 1.73. The molecule has 20 heavy (non-hydrogen) atoms. The minimum atomic E-state index is -1.23. The van der Waals surface area contributed by atoms with E-state index in [-0.39, 0.29) is 21.9 Å². The van der Waals surface area contributed by atoms with Gasteiger partial charge < -0.3 is 15.3 Å². The van der Waals surface area contributed by atoms with Crippen LogP contribution < -0.4 is 0 Å². The smallest absolute Gasteiger partial charge is 0.335 e. The molecule has 0 amide bonds. The summed E-state index contributed by atoms with van der Waals surface area (Å²) in [7, 11) is 0. The minimum absolute atomic E-state index is 0.144. The highest BCUT2D eigenvalue weighted by Crippen LogP contribution is 2.30. The van der Waals surface area contributed by atoms with Gasteiger partial charge in [0.1, 0.15) is 5.75 Å². The average molecular weight is 293 g/mol. The molecule has 0 aliphatic rings. The van der Waals surface area contributed by atoms with Crippen molar-refractivity contribution in [3.8, 4) is 16.9 Å². The van der Waals surface area contributed by atoms with Gasteiger partial charge >= 0.3 is 11.9 Å². The van der Waals surface area contributed by atoms with Gasteiger partial charge in [0.15, 0.2) is 0 Å². The van der Waals surface area contributed by atoms with Gasteiger partial charge in [-0.1, -0.05) is 17.7 Å². The van der Waals surface area contributed by atoms with Gasteiger partial charge in [0.25, 0.3) is 0 Å². The van der Waals surface area contributed by atoms with Crippen LogP contribution in [0.3, 0.4) is 0 Å². The largest absolute Gasteiger partial charge is 0.506 e. The Kier molecular flexibility index (Phi) is 3.63. The summed E-state index contributed by atoms with van der Waals surface area (Å²) >= 11 is 5.69. The van der Waals surface area contributed by atoms with E-state index < -0.39 is 11.9 Å². The quantitative estimate of drug-likeness (QED) is 0.808. The van der Waals surface area contributed by atoms with Crippen molar-refractivity contribution in [2.24, 2.45) is 0 Å². The maximum Gasteiger partial charge on any atom is 0.335 e. The molecule has 0 aromatic heterocycles. The topological polar surface area (TPSA) is 94.8 Å². The SMILES string of the molecule is O=C(O)c1cc(C(=O)O)cc(-c2ccc(Cl)c(O)c2)c1. The maximum absolute atomic E-state index is 11.0. The molecule has 0 saturated carbocycles. The molecule has 0 unspecified atom stereocenters. The van der Waals surface area contributed by atoms with E-state index in [1.807, 2.05) is 0 Å². The van der Waals surface area contributed by atoms with Crippen LogP contribution in [-0.4, -0.2) is 27.3 Å². The van der Waals surface area contributed by atoms with E-state index in [2.05, 4.69) is 0 Å². The molecule has 3 N–H and O–H groups in total. The van der Waals surface area contributed by atoms with Crippen LogP contribution in [0.4, 0.5) is 0 Å². The Labute approximate surface area is 118 Å². The molecule has 0 radical (unpaired) electrons. The maximum atomic E-state index is 11.0. The summed E-state index contributed by atoms with van der Waals surface area (Å²) in [6.07, 6.45) is 0. The van der Waals surface area contributed by atoms with Gasteiger partial charge in [-0.05, 0) is 41.5 Å². The van der Waals surface area contributed by atoms with Crippen molar-refractivity contribution < 1.29 is 24.9 Å². The standard InChI is InChI=1S/C14H9ClO5/c15-11-2-1-7(6-12(11)16)8-3-9(13(17)18)5-10(4-8)14(19)20/h1-6,16H,(H,17,18)(H,19,20). The van der Waals surface area contributed by atoms with Gasteiger partial charge in [0.05, 0.1) is 16.1 Å². The fourth-order valence-corrected chi connectivity index (χ4v) is 1.85. The van der Waals surface area contributed by atoms with Crippen molar-refractivity contribution in [2.75, 3.05) is 0 Å². The molecule has 0 aliphatic heterocycles. The molecule has 0 bridgehead atoms. The van der Waals surface area contributed by atoms with Gasteiger partial charge in [-0.15, -0.1) is 0 Å². The lowest BCUT2D eigenvalue weighted by Gasteiger charge is -2.07. The third kappa shape index (κ3) is 2.73. The summed E-state index contributed by atoms with van der Waals surface area (Å²) in [6.45, 7) is 0. The molecule has 0 heterocycles. The molecular weight excluding hydrogens is 284 g/mol. The van der Waals surface area contributed by atoms with Crippen LogP contribution in [0.1, 0.15) is 20.7 Å². The van der Waals surface area contributed by atoms with E-state index in [9.17, 15) is 14.7 Å². The molecule has 0 aliphatic carbocycles. The molecule has 102 valence electrons. The lowest BCUT2D eigenvalue weighted by atomic mass is 9.99. The lowest BCUT2D eigenvalue weighted by molar-refractivity contribution is 0.0696. The number of carbonyl (C=O) groups is 2. The van der Waals surface area contributed by atoms with Crippen LogP contribution in [0.25, 0.3) is 11.1 Å². The van der Waals surface area contributed by atoms with Crippen molar-refractivity contribution >= 4 is 23.5 Å². The molecule has 2 aromatic carbocycles. The first-order valence-electron chi connectivity index (χ1n) is 5.49. The predicted molar refractivity (Wildman–Crippen MR) is 72.5 cm³/mol. The van der Waals surface area contributed by atoms with Crippen molar-refractivity contribution in [1.29, 1.82) is 0 Å². The number of rotatable bonds is 3. The predicted octanol–water partition coefficient (Wildman–Crippen LogP) is 3.11. The second-order valence-electron chi connectivity index (χ2n) is 4.08. The lowest BCUT2D eigenvalue weighted by Crippen LogP contribution is -2.03. The zero-order valence-electron chi connectivity index (χ0n) is 10.0. The molecule has 2 rings (SSSR count). The number of hydrogen-bond acceptors (Lipinski definition) is 3. The highest BCUT2D eigenvalue weighted by molar-refractivity contribution is 6.32. The van der Waals surface area contributed by atoms with E-state index in [0.717, 1.165) is 6.07 Å². The zero-order valence-corrected chi connectivity index (χ0v) is 10.8. The van der Waals surface area contributed by atoms with E-state index in [0.29, 0.717) is 11.1 Å². The van der Waals surface area contributed by atoms with Gasteiger partial charge in [-0.3, -0.25) is 0 Å². The summed E-state index contributed by atoms with van der Waals surface area (Å²) in [6, 6.07) is 8.09. The molecular formula is C14H9ClO5. The number of hydrogen-bond donors (Lipinski definition) is 3. The first-order valence-corrected chi connectivity index (χ1v) is 5.87. The molecule has 0 saturated heterocycles. The summed E-state index contributed by atoms with van der Waals surface area (Å²) in [4.78, 5) is 22.0. The number of carboxylic acids is 2. The van der Waals surface area contributed by atoms with Crippen molar-refractivity contribution in [3.63, 3.8) is 0 Å². The number of aromatic carboxylic acids is 2. The third-order valence-electron chi connectivity index (χ3n) is 2.71. The molecule has 0 spiro atoms. The van der Waals surface area contributed by atoms with E-state index in [4.69, 9.17) is 21.8 Å². The fraction of sp³-hybridized carbons (Fsp3) is 0. The Bertz CT molecular complexity index is 676. The Hall–Kier alpha value is -2.53. The Morgan fingerprint density at radius 1 is 0.850 bits per heavy atom. The van der Waals surface area contributed by atoms with Crippen molar-refractivity contribution in [1.82, 2.24) is 0 Å². The average Bonchev–Trinajstić information content (AvgIpc) is 2.41. The highest BCUT2D eigenvalue weighted by Gasteiger charge is 2.13. The number of benzene rings is 2. The monoisotopic (exact) mass is 292 g/mol. The van der Waals surface area contributed by atoms with Crippen molar-refractivity contribution in [2.45, 2.75) is 0 Å². The third-order valence-corrected chi connectivity index (χ3v) is 3.03. The van der Waals surface area contributed by atoms with Gasteiger partial charge in [-0.25, -0.2) is 9.59 Å². The summed E-state index contributed by atoms with van der Waals surface area (Å²) < 4.78 is 0. The van der Waals surface area contributed by atoms with Crippen LogP contribution >= 0.6 is 11.6 Å². The number of phenolic OH excluding ortho intramolecular Hbond substituents is 1. The number of phenols is 1. The molecule has 0 atom stereocenters. The molecule has 2 aromatic rings. The second kappa shape index (κ2) is 5.22.